The van der Waals surface area contributed by atoms with Crippen LogP contribution in [0.3, 0.4) is 0 Å². The third-order valence-corrected chi connectivity index (χ3v) is 5.85. The molecule has 0 unspecified atom stereocenters. The molecule has 0 amide bonds. The van der Waals surface area contributed by atoms with Crippen LogP contribution in [0.4, 0.5) is 0 Å². The quantitative estimate of drug-likeness (QED) is 0.415. The second-order valence-electron chi connectivity index (χ2n) is 8.39. The third kappa shape index (κ3) is 6.48. The standard InChI is InChI=1S/C29H30O4/c1-22-28(32-19-24-13-7-3-8-14-24)26(21-31-18-23-11-5-2-6-12-23)17-27(30)29(22)33-20-25-15-9-4-10-16-25/h2-17,22,28-29H,18-21H2,1H3/t22-,28-,29+/m0/s1. The fourth-order valence-corrected chi connectivity index (χ4v) is 4.10. The van der Waals surface area contributed by atoms with E-state index in [2.05, 4.69) is 0 Å². The van der Waals surface area contributed by atoms with Crippen LogP contribution in [0.1, 0.15) is 23.6 Å². The highest BCUT2D eigenvalue weighted by Crippen LogP contribution is 2.30. The minimum atomic E-state index is -0.552. The lowest BCUT2D eigenvalue weighted by Crippen LogP contribution is -2.44. The van der Waals surface area contributed by atoms with Gasteiger partial charge in [-0.1, -0.05) is 97.9 Å². The van der Waals surface area contributed by atoms with Crippen molar-refractivity contribution in [2.75, 3.05) is 6.61 Å². The summed E-state index contributed by atoms with van der Waals surface area (Å²) in [5, 5.41) is 0. The minimum Gasteiger partial charge on any atom is -0.372 e. The van der Waals surface area contributed by atoms with Gasteiger partial charge in [0.15, 0.2) is 5.78 Å². The van der Waals surface area contributed by atoms with Crippen LogP contribution >= 0.6 is 0 Å². The van der Waals surface area contributed by atoms with Gasteiger partial charge in [-0.05, 0) is 28.3 Å². The first-order chi connectivity index (χ1) is 16.2. The van der Waals surface area contributed by atoms with E-state index in [1.165, 1.54) is 0 Å². The molecule has 170 valence electrons. The monoisotopic (exact) mass is 442 g/mol. The number of carbonyl (C=O) groups is 1. The second-order valence-corrected chi connectivity index (χ2v) is 8.39. The zero-order chi connectivity index (χ0) is 22.9. The fourth-order valence-electron chi connectivity index (χ4n) is 4.10. The van der Waals surface area contributed by atoms with Gasteiger partial charge in [0.1, 0.15) is 6.10 Å². The predicted octanol–water partition coefficient (Wildman–Crippen LogP) is 5.52. The molecule has 0 aromatic heterocycles. The molecule has 1 aliphatic carbocycles. The summed E-state index contributed by atoms with van der Waals surface area (Å²) in [4.78, 5) is 13.0. The second kappa shape index (κ2) is 11.7. The van der Waals surface area contributed by atoms with E-state index >= 15 is 0 Å². The Hall–Kier alpha value is -3.05. The Morgan fingerprint density at radius 1 is 0.606 bits per heavy atom. The molecule has 3 aromatic rings. The molecule has 4 nitrogen and oxygen atoms in total. The van der Waals surface area contributed by atoms with E-state index in [9.17, 15) is 4.79 Å². The Labute approximate surface area is 195 Å². The molecular weight excluding hydrogens is 412 g/mol. The van der Waals surface area contributed by atoms with Crippen molar-refractivity contribution < 1.29 is 19.0 Å². The molecule has 0 spiro atoms. The molecule has 0 radical (unpaired) electrons. The number of carbonyl (C=O) groups excluding carboxylic acids is 1. The summed E-state index contributed by atoms with van der Waals surface area (Å²) in [6.07, 6.45) is 0.847. The summed E-state index contributed by atoms with van der Waals surface area (Å²) >= 11 is 0. The van der Waals surface area contributed by atoms with Gasteiger partial charge in [-0.2, -0.15) is 0 Å². The van der Waals surface area contributed by atoms with Crippen molar-refractivity contribution >= 4 is 5.78 Å². The Kier molecular flexibility index (Phi) is 8.20. The average Bonchev–Trinajstić information content (AvgIpc) is 2.85. The first-order valence-electron chi connectivity index (χ1n) is 11.4. The molecule has 0 aliphatic heterocycles. The van der Waals surface area contributed by atoms with Crippen LogP contribution in [-0.2, 0) is 38.8 Å². The lowest BCUT2D eigenvalue weighted by atomic mass is 9.84. The third-order valence-electron chi connectivity index (χ3n) is 5.85. The Balaban J connectivity index is 1.45. The summed E-state index contributed by atoms with van der Waals surface area (Å²) in [5.41, 5.74) is 4.09. The van der Waals surface area contributed by atoms with Crippen molar-refractivity contribution in [1.29, 1.82) is 0 Å². The van der Waals surface area contributed by atoms with Crippen LogP contribution in [0.15, 0.2) is 103 Å². The van der Waals surface area contributed by atoms with Gasteiger partial charge in [-0.25, -0.2) is 0 Å². The van der Waals surface area contributed by atoms with Gasteiger partial charge >= 0.3 is 0 Å². The van der Waals surface area contributed by atoms with Crippen molar-refractivity contribution in [2.24, 2.45) is 5.92 Å². The maximum Gasteiger partial charge on any atom is 0.184 e. The van der Waals surface area contributed by atoms with E-state index in [4.69, 9.17) is 14.2 Å². The lowest BCUT2D eigenvalue weighted by molar-refractivity contribution is -0.137. The van der Waals surface area contributed by atoms with Crippen LogP contribution < -0.4 is 0 Å². The number of ether oxygens (including phenoxy) is 3. The molecule has 0 bridgehead atoms. The molecule has 3 aromatic carbocycles. The first kappa shape index (κ1) is 23.1. The molecule has 0 heterocycles. The van der Waals surface area contributed by atoms with E-state index in [-0.39, 0.29) is 17.8 Å². The van der Waals surface area contributed by atoms with Crippen LogP contribution in [0.2, 0.25) is 0 Å². The predicted molar refractivity (Wildman–Crippen MR) is 128 cm³/mol. The number of rotatable bonds is 10. The minimum absolute atomic E-state index is 0.0312. The number of benzene rings is 3. The van der Waals surface area contributed by atoms with Crippen LogP contribution in [0.25, 0.3) is 0 Å². The summed E-state index contributed by atoms with van der Waals surface area (Å²) in [5.74, 6) is -0.165. The topological polar surface area (TPSA) is 44.8 Å². The van der Waals surface area contributed by atoms with Gasteiger partial charge in [-0.15, -0.1) is 0 Å². The summed E-state index contributed by atoms with van der Waals surface area (Å²) in [6.45, 7) is 3.70. The maximum atomic E-state index is 13.0. The molecule has 0 N–H and O–H groups in total. The van der Waals surface area contributed by atoms with Crippen LogP contribution in [-0.4, -0.2) is 24.6 Å². The zero-order valence-corrected chi connectivity index (χ0v) is 18.9. The van der Waals surface area contributed by atoms with E-state index in [1.807, 2.05) is 97.9 Å². The molecule has 4 rings (SSSR count). The van der Waals surface area contributed by atoms with Crippen molar-refractivity contribution in [3.8, 4) is 0 Å². The van der Waals surface area contributed by atoms with Crippen molar-refractivity contribution in [2.45, 2.75) is 39.0 Å². The van der Waals surface area contributed by atoms with Gasteiger partial charge in [0.2, 0.25) is 0 Å². The maximum absolute atomic E-state index is 13.0. The van der Waals surface area contributed by atoms with E-state index < -0.39 is 6.10 Å². The van der Waals surface area contributed by atoms with E-state index in [0.29, 0.717) is 26.4 Å². The summed E-state index contributed by atoms with van der Waals surface area (Å²) in [7, 11) is 0. The van der Waals surface area contributed by atoms with E-state index in [1.54, 1.807) is 6.08 Å². The fraction of sp³-hybridized carbons (Fsp3) is 0.276. The number of ketones is 1. The van der Waals surface area contributed by atoms with Gasteiger partial charge in [-0.3, -0.25) is 4.79 Å². The van der Waals surface area contributed by atoms with Crippen molar-refractivity contribution in [1.82, 2.24) is 0 Å². The molecule has 33 heavy (non-hydrogen) atoms. The highest BCUT2D eigenvalue weighted by atomic mass is 16.5. The molecular formula is C29H30O4. The molecule has 0 saturated carbocycles. The lowest BCUT2D eigenvalue weighted by Gasteiger charge is -2.35. The summed E-state index contributed by atoms with van der Waals surface area (Å²) < 4.78 is 18.4. The van der Waals surface area contributed by atoms with Crippen LogP contribution in [0, 0.1) is 5.92 Å². The molecule has 0 fully saturated rings. The summed E-state index contributed by atoms with van der Waals surface area (Å²) in [6, 6.07) is 30.0. The van der Waals surface area contributed by atoms with Gasteiger partial charge < -0.3 is 14.2 Å². The molecule has 0 saturated heterocycles. The Morgan fingerprint density at radius 2 is 1.06 bits per heavy atom. The first-order valence-corrected chi connectivity index (χ1v) is 11.4. The molecule has 1 aliphatic rings. The number of hydrogen-bond acceptors (Lipinski definition) is 4. The van der Waals surface area contributed by atoms with Crippen molar-refractivity contribution in [3.63, 3.8) is 0 Å². The smallest absolute Gasteiger partial charge is 0.184 e. The highest BCUT2D eigenvalue weighted by Gasteiger charge is 2.38. The van der Waals surface area contributed by atoms with E-state index in [0.717, 1.165) is 22.3 Å². The van der Waals surface area contributed by atoms with Gasteiger partial charge in [0, 0.05) is 5.92 Å². The van der Waals surface area contributed by atoms with Crippen LogP contribution in [0.5, 0.6) is 0 Å². The largest absolute Gasteiger partial charge is 0.372 e. The molecule has 4 heteroatoms. The van der Waals surface area contributed by atoms with Gasteiger partial charge in [0.05, 0.1) is 32.5 Å². The molecule has 3 atom stereocenters. The zero-order valence-electron chi connectivity index (χ0n) is 18.9. The number of hydrogen-bond donors (Lipinski definition) is 0. The van der Waals surface area contributed by atoms with Gasteiger partial charge in [0.25, 0.3) is 0 Å². The average molecular weight is 443 g/mol. The van der Waals surface area contributed by atoms with Crippen molar-refractivity contribution in [3.05, 3.63) is 119 Å². The SMILES string of the molecule is C[C@H]1[C@H](OCc2ccccc2)C(COCc2ccccc2)=CC(=O)[C@@H]1OCc1ccccc1. The highest BCUT2D eigenvalue weighted by molar-refractivity contribution is 5.95. The normalized spacial score (nSPS) is 20.5. The Morgan fingerprint density at radius 3 is 1.58 bits per heavy atom. The Bertz CT molecular complexity index is 1030.